The Morgan fingerprint density at radius 2 is 1.00 bits per heavy atom. The Bertz CT molecular complexity index is 2320. The molecule has 7 aromatic rings. The second kappa shape index (κ2) is 9.19. The molecule has 1 nitrogen and oxygen atoms in total. The lowest BCUT2D eigenvalue weighted by Gasteiger charge is -2.29. The summed E-state index contributed by atoms with van der Waals surface area (Å²) in [5.74, 6) is 0. The number of hydrogen-bond donors (Lipinski definition) is 0. The third-order valence-electron chi connectivity index (χ3n) is 10.6. The van der Waals surface area contributed by atoms with Crippen molar-refractivity contribution in [2.45, 2.75) is 38.5 Å². The van der Waals surface area contributed by atoms with E-state index >= 15 is 0 Å². The van der Waals surface area contributed by atoms with Crippen LogP contribution < -0.4 is 4.90 Å². The van der Waals surface area contributed by atoms with Crippen LogP contribution in [0.25, 0.3) is 43.8 Å². The lowest BCUT2D eigenvalue weighted by Crippen LogP contribution is -2.16. The summed E-state index contributed by atoms with van der Waals surface area (Å²) in [6, 6.07) is 52.0. The van der Waals surface area contributed by atoms with Crippen LogP contribution in [-0.2, 0) is 10.8 Å². The van der Waals surface area contributed by atoms with Crippen molar-refractivity contribution in [2.75, 3.05) is 4.90 Å². The third-order valence-corrected chi connectivity index (χ3v) is 10.6. The van der Waals surface area contributed by atoms with Crippen LogP contribution in [0.4, 0.5) is 17.1 Å². The van der Waals surface area contributed by atoms with E-state index in [0.717, 1.165) is 5.69 Å². The molecule has 0 N–H and O–H groups in total. The molecular formula is C44H35N. The molecule has 0 aromatic heterocycles. The fourth-order valence-electron chi connectivity index (χ4n) is 8.31. The van der Waals surface area contributed by atoms with E-state index in [1.807, 2.05) is 0 Å². The number of fused-ring (bicyclic) bond motifs is 9. The molecule has 0 saturated carbocycles. The van der Waals surface area contributed by atoms with Crippen LogP contribution in [0, 0.1) is 0 Å². The summed E-state index contributed by atoms with van der Waals surface area (Å²) in [6.45, 7) is 9.46. The normalized spacial score (nSPS) is 15.0. The minimum atomic E-state index is -0.0725. The highest BCUT2D eigenvalue weighted by molar-refractivity contribution is 6.16. The molecule has 1 heteroatoms. The Morgan fingerprint density at radius 3 is 1.73 bits per heavy atom. The van der Waals surface area contributed by atoms with Crippen molar-refractivity contribution in [3.8, 4) is 22.3 Å². The van der Waals surface area contributed by atoms with Crippen molar-refractivity contribution in [3.63, 3.8) is 0 Å². The first kappa shape index (κ1) is 26.3. The SMILES string of the molecule is CC1(C)c2ccccc2-c2ccc(N(c3ccccc3)c3cccc4ccc5cc6c(cc5c34)C(C)(C)c3ccccc3-6)cc21. The van der Waals surface area contributed by atoms with E-state index < -0.39 is 0 Å². The van der Waals surface area contributed by atoms with Gasteiger partial charge in [0.1, 0.15) is 0 Å². The lowest BCUT2D eigenvalue weighted by atomic mass is 9.81. The summed E-state index contributed by atoms with van der Waals surface area (Å²) in [4.78, 5) is 2.47. The fraction of sp³-hybridized carbons (Fsp3) is 0.136. The van der Waals surface area contributed by atoms with Crippen LogP contribution in [0.1, 0.15) is 49.9 Å². The molecule has 9 rings (SSSR count). The van der Waals surface area contributed by atoms with Gasteiger partial charge in [0.05, 0.1) is 5.69 Å². The predicted octanol–water partition coefficient (Wildman–Crippen LogP) is 12.1. The average Bonchev–Trinajstić information content (AvgIpc) is 3.43. The van der Waals surface area contributed by atoms with Crippen molar-refractivity contribution in [2.24, 2.45) is 0 Å². The fourth-order valence-corrected chi connectivity index (χ4v) is 8.31. The first-order valence-corrected chi connectivity index (χ1v) is 16.0. The first-order chi connectivity index (χ1) is 21.8. The number of para-hydroxylation sites is 1. The topological polar surface area (TPSA) is 3.24 Å². The molecule has 0 saturated heterocycles. The molecule has 2 aliphatic carbocycles. The summed E-state index contributed by atoms with van der Waals surface area (Å²) in [5.41, 5.74) is 14.4. The van der Waals surface area contributed by atoms with Crippen LogP contribution in [0.15, 0.2) is 140 Å². The van der Waals surface area contributed by atoms with Gasteiger partial charge in [-0.1, -0.05) is 125 Å². The molecule has 45 heavy (non-hydrogen) atoms. The van der Waals surface area contributed by atoms with Gasteiger partial charge < -0.3 is 4.90 Å². The summed E-state index contributed by atoms with van der Waals surface area (Å²) in [5, 5.41) is 5.12. The van der Waals surface area contributed by atoms with E-state index in [2.05, 4.69) is 172 Å². The minimum absolute atomic E-state index is 0.0586. The number of nitrogens with zero attached hydrogens (tertiary/aromatic N) is 1. The molecule has 0 fully saturated rings. The molecule has 0 bridgehead atoms. The summed E-state index contributed by atoms with van der Waals surface area (Å²) in [6.07, 6.45) is 0. The zero-order chi connectivity index (χ0) is 30.5. The Morgan fingerprint density at radius 1 is 0.400 bits per heavy atom. The van der Waals surface area contributed by atoms with Gasteiger partial charge in [-0.2, -0.15) is 0 Å². The van der Waals surface area contributed by atoms with Crippen LogP contribution >= 0.6 is 0 Å². The third kappa shape index (κ3) is 3.61. The second-order valence-corrected chi connectivity index (χ2v) is 13.8. The summed E-state index contributed by atoms with van der Waals surface area (Å²) in [7, 11) is 0. The van der Waals surface area contributed by atoms with Gasteiger partial charge >= 0.3 is 0 Å². The maximum absolute atomic E-state index is 2.49. The van der Waals surface area contributed by atoms with E-state index in [1.54, 1.807) is 0 Å². The predicted molar refractivity (Wildman–Crippen MR) is 191 cm³/mol. The van der Waals surface area contributed by atoms with Gasteiger partial charge in [0.25, 0.3) is 0 Å². The lowest BCUT2D eigenvalue weighted by molar-refractivity contribution is 0.660. The molecule has 0 heterocycles. The summed E-state index contributed by atoms with van der Waals surface area (Å²) < 4.78 is 0. The van der Waals surface area contributed by atoms with E-state index in [0.29, 0.717) is 0 Å². The molecule has 0 unspecified atom stereocenters. The van der Waals surface area contributed by atoms with Gasteiger partial charge in [-0.15, -0.1) is 0 Å². The van der Waals surface area contributed by atoms with Gasteiger partial charge in [0.2, 0.25) is 0 Å². The Balaban J connectivity index is 1.32. The maximum atomic E-state index is 2.49. The van der Waals surface area contributed by atoms with Gasteiger partial charge in [0.15, 0.2) is 0 Å². The van der Waals surface area contributed by atoms with E-state index in [-0.39, 0.29) is 10.8 Å². The Labute approximate surface area is 265 Å². The maximum Gasteiger partial charge on any atom is 0.0546 e. The van der Waals surface area contributed by atoms with Crippen molar-refractivity contribution in [3.05, 3.63) is 162 Å². The smallest absolute Gasteiger partial charge is 0.0546 e. The van der Waals surface area contributed by atoms with Crippen molar-refractivity contribution < 1.29 is 0 Å². The van der Waals surface area contributed by atoms with Gasteiger partial charge in [0, 0.05) is 27.6 Å². The second-order valence-electron chi connectivity index (χ2n) is 13.8. The van der Waals surface area contributed by atoms with E-state index in [9.17, 15) is 0 Å². The zero-order valence-electron chi connectivity index (χ0n) is 26.2. The van der Waals surface area contributed by atoms with Gasteiger partial charge in [-0.25, -0.2) is 0 Å². The first-order valence-electron chi connectivity index (χ1n) is 16.0. The van der Waals surface area contributed by atoms with Crippen molar-refractivity contribution in [1.29, 1.82) is 0 Å². The molecule has 0 amide bonds. The van der Waals surface area contributed by atoms with Crippen molar-refractivity contribution >= 4 is 38.6 Å². The van der Waals surface area contributed by atoms with E-state index in [1.165, 1.54) is 77.4 Å². The number of rotatable bonds is 3. The average molecular weight is 578 g/mol. The van der Waals surface area contributed by atoms with Crippen LogP contribution in [0.5, 0.6) is 0 Å². The summed E-state index contributed by atoms with van der Waals surface area (Å²) >= 11 is 0. The largest absolute Gasteiger partial charge is 0.310 e. The zero-order valence-corrected chi connectivity index (χ0v) is 26.2. The molecule has 7 aromatic carbocycles. The van der Waals surface area contributed by atoms with Crippen LogP contribution in [-0.4, -0.2) is 0 Å². The van der Waals surface area contributed by atoms with Gasteiger partial charge in [-0.3, -0.25) is 0 Å². The molecule has 0 radical (unpaired) electrons. The molecule has 0 atom stereocenters. The quantitative estimate of drug-likeness (QED) is 0.189. The monoisotopic (exact) mass is 577 g/mol. The van der Waals surface area contributed by atoms with Crippen LogP contribution in [0.3, 0.4) is 0 Å². The number of anilines is 3. The van der Waals surface area contributed by atoms with E-state index in [4.69, 9.17) is 0 Å². The van der Waals surface area contributed by atoms with Gasteiger partial charge in [-0.05, 0) is 103 Å². The molecule has 216 valence electrons. The highest BCUT2D eigenvalue weighted by atomic mass is 15.1. The standard InChI is InChI=1S/C44H35N/c1-43(2)37-18-10-8-16-32(37)34-24-23-31(26-39(34)43)45(30-14-6-5-7-15-30)41-20-12-13-28-21-22-29-25-36-33-17-9-11-19-38(33)44(3,4)40(36)27-35(29)42(28)41/h5-27H,1-4H3. The highest BCUT2D eigenvalue weighted by Gasteiger charge is 2.37. The highest BCUT2D eigenvalue weighted by Crippen LogP contribution is 2.53. The Hall–Kier alpha value is -5.14. The molecule has 0 aliphatic heterocycles. The molecule has 2 aliphatic rings. The molecule has 0 spiro atoms. The number of hydrogen-bond acceptors (Lipinski definition) is 1. The van der Waals surface area contributed by atoms with Crippen LogP contribution in [0.2, 0.25) is 0 Å². The minimum Gasteiger partial charge on any atom is -0.310 e. The van der Waals surface area contributed by atoms with Crippen molar-refractivity contribution in [1.82, 2.24) is 0 Å². The molecular weight excluding hydrogens is 542 g/mol. The Kier molecular flexibility index (Phi) is 5.37. The number of benzene rings is 7.